The van der Waals surface area contributed by atoms with Gasteiger partial charge in [-0.25, -0.2) is 8.42 Å². The first-order valence-corrected chi connectivity index (χ1v) is 6.67. The fourth-order valence-electron chi connectivity index (χ4n) is 1.29. The average molecular weight is 229 g/mol. The van der Waals surface area contributed by atoms with Crippen LogP contribution in [-0.4, -0.2) is 21.3 Å². The lowest BCUT2D eigenvalue weighted by Gasteiger charge is -2.09. The number of hydrogen-bond donors (Lipinski definition) is 1. The SMILES string of the molecule is CCOc1ccc(N)cc1CS(C)(=O)=O. The summed E-state index contributed by atoms with van der Waals surface area (Å²) < 4.78 is 27.7. The Kier molecular flexibility index (Phi) is 3.57. The Balaban J connectivity index is 3.07. The van der Waals surface area contributed by atoms with E-state index in [0.29, 0.717) is 23.6 Å². The molecule has 1 aromatic rings. The molecule has 0 fully saturated rings. The topological polar surface area (TPSA) is 69.4 Å². The minimum atomic E-state index is -3.07. The predicted molar refractivity (Wildman–Crippen MR) is 60.6 cm³/mol. The number of hydrogen-bond acceptors (Lipinski definition) is 4. The van der Waals surface area contributed by atoms with Crippen LogP contribution in [0.2, 0.25) is 0 Å². The van der Waals surface area contributed by atoms with Gasteiger partial charge in [0.2, 0.25) is 0 Å². The van der Waals surface area contributed by atoms with Crippen LogP contribution in [0.15, 0.2) is 18.2 Å². The highest BCUT2D eigenvalue weighted by Crippen LogP contribution is 2.23. The largest absolute Gasteiger partial charge is 0.494 e. The zero-order chi connectivity index (χ0) is 11.5. The van der Waals surface area contributed by atoms with Crippen LogP contribution in [0.3, 0.4) is 0 Å². The van der Waals surface area contributed by atoms with Crippen molar-refractivity contribution in [3.8, 4) is 5.75 Å². The van der Waals surface area contributed by atoms with Gasteiger partial charge >= 0.3 is 0 Å². The van der Waals surface area contributed by atoms with Crippen LogP contribution in [0.25, 0.3) is 0 Å². The zero-order valence-corrected chi connectivity index (χ0v) is 9.67. The molecule has 84 valence electrons. The highest BCUT2D eigenvalue weighted by atomic mass is 32.2. The Morgan fingerprint density at radius 2 is 2.07 bits per heavy atom. The first kappa shape index (κ1) is 11.8. The van der Waals surface area contributed by atoms with Crippen molar-refractivity contribution in [2.24, 2.45) is 0 Å². The van der Waals surface area contributed by atoms with E-state index in [0.717, 1.165) is 0 Å². The number of nitrogen functional groups attached to an aromatic ring is 1. The Hall–Kier alpha value is -1.23. The van der Waals surface area contributed by atoms with Crippen LogP contribution in [0, 0.1) is 0 Å². The second-order valence-electron chi connectivity index (χ2n) is 3.37. The molecular formula is C10H15NO3S. The Bertz CT molecular complexity index is 440. The Morgan fingerprint density at radius 1 is 1.40 bits per heavy atom. The first-order valence-electron chi connectivity index (χ1n) is 4.61. The normalized spacial score (nSPS) is 11.3. The van der Waals surface area contributed by atoms with Crippen molar-refractivity contribution in [3.05, 3.63) is 23.8 Å². The van der Waals surface area contributed by atoms with E-state index in [-0.39, 0.29) is 5.75 Å². The molecular weight excluding hydrogens is 214 g/mol. The van der Waals surface area contributed by atoms with Gasteiger partial charge in [0.1, 0.15) is 5.75 Å². The molecule has 0 saturated heterocycles. The van der Waals surface area contributed by atoms with Crippen molar-refractivity contribution in [2.75, 3.05) is 18.6 Å². The lowest BCUT2D eigenvalue weighted by molar-refractivity contribution is 0.337. The second-order valence-corrected chi connectivity index (χ2v) is 5.51. The maximum Gasteiger partial charge on any atom is 0.151 e. The van der Waals surface area contributed by atoms with E-state index in [1.54, 1.807) is 18.2 Å². The summed E-state index contributed by atoms with van der Waals surface area (Å²) in [5, 5.41) is 0. The van der Waals surface area contributed by atoms with Crippen LogP contribution in [-0.2, 0) is 15.6 Å². The molecule has 1 rings (SSSR count). The molecule has 0 aliphatic heterocycles. The third kappa shape index (κ3) is 3.79. The molecule has 0 aliphatic carbocycles. The number of benzene rings is 1. The van der Waals surface area contributed by atoms with E-state index in [9.17, 15) is 8.42 Å². The average Bonchev–Trinajstić information content (AvgIpc) is 2.07. The molecule has 0 aliphatic rings. The Labute approximate surface area is 90.0 Å². The lowest BCUT2D eigenvalue weighted by atomic mass is 10.2. The highest BCUT2D eigenvalue weighted by Gasteiger charge is 2.10. The number of ether oxygens (including phenoxy) is 1. The summed E-state index contributed by atoms with van der Waals surface area (Å²) in [6.45, 7) is 2.35. The van der Waals surface area contributed by atoms with Crippen LogP contribution >= 0.6 is 0 Å². The van der Waals surface area contributed by atoms with Gasteiger partial charge in [-0.2, -0.15) is 0 Å². The predicted octanol–water partition coefficient (Wildman–Crippen LogP) is 1.21. The van der Waals surface area contributed by atoms with Crippen LogP contribution in [0.4, 0.5) is 5.69 Å². The zero-order valence-electron chi connectivity index (χ0n) is 8.86. The summed E-state index contributed by atoms with van der Waals surface area (Å²) in [6.07, 6.45) is 1.19. The third-order valence-electron chi connectivity index (χ3n) is 1.80. The fraction of sp³-hybridized carbons (Fsp3) is 0.400. The minimum Gasteiger partial charge on any atom is -0.494 e. The smallest absolute Gasteiger partial charge is 0.151 e. The number of anilines is 1. The molecule has 0 radical (unpaired) electrons. The van der Waals surface area contributed by atoms with Gasteiger partial charge in [-0.15, -0.1) is 0 Å². The van der Waals surface area contributed by atoms with Crippen LogP contribution < -0.4 is 10.5 Å². The van der Waals surface area contributed by atoms with Crippen molar-refractivity contribution >= 4 is 15.5 Å². The van der Waals surface area contributed by atoms with Gasteiger partial charge in [-0.1, -0.05) is 0 Å². The van der Waals surface area contributed by atoms with E-state index in [4.69, 9.17) is 10.5 Å². The van der Waals surface area contributed by atoms with E-state index < -0.39 is 9.84 Å². The molecule has 0 bridgehead atoms. The molecule has 0 amide bonds. The fourth-order valence-corrected chi connectivity index (χ4v) is 2.08. The molecule has 0 spiro atoms. The van der Waals surface area contributed by atoms with Crippen molar-refractivity contribution in [1.82, 2.24) is 0 Å². The minimum absolute atomic E-state index is 0.0482. The van der Waals surface area contributed by atoms with Gasteiger partial charge in [-0.3, -0.25) is 0 Å². The maximum atomic E-state index is 11.2. The molecule has 0 unspecified atom stereocenters. The van der Waals surface area contributed by atoms with Crippen molar-refractivity contribution in [2.45, 2.75) is 12.7 Å². The van der Waals surface area contributed by atoms with E-state index in [1.807, 2.05) is 6.92 Å². The van der Waals surface area contributed by atoms with Gasteiger partial charge in [0, 0.05) is 17.5 Å². The number of nitrogens with two attached hydrogens (primary N) is 1. The van der Waals surface area contributed by atoms with E-state index in [1.165, 1.54) is 6.26 Å². The highest BCUT2D eigenvalue weighted by molar-refractivity contribution is 7.89. The summed E-state index contributed by atoms with van der Waals surface area (Å²) >= 11 is 0. The first-order chi connectivity index (χ1) is 6.92. The van der Waals surface area contributed by atoms with Crippen molar-refractivity contribution in [1.29, 1.82) is 0 Å². The van der Waals surface area contributed by atoms with Gasteiger partial charge in [0.05, 0.1) is 12.4 Å². The van der Waals surface area contributed by atoms with Crippen LogP contribution in [0.1, 0.15) is 12.5 Å². The lowest BCUT2D eigenvalue weighted by Crippen LogP contribution is -2.04. The summed E-state index contributed by atoms with van der Waals surface area (Å²) in [5.74, 6) is 0.532. The van der Waals surface area contributed by atoms with Gasteiger partial charge < -0.3 is 10.5 Å². The van der Waals surface area contributed by atoms with Crippen molar-refractivity contribution in [3.63, 3.8) is 0 Å². The molecule has 2 N–H and O–H groups in total. The summed E-state index contributed by atoms with van der Waals surface area (Å²) in [5.41, 5.74) is 6.74. The van der Waals surface area contributed by atoms with Crippen LogP contribution in [0.5, 0.6) is 5.75 Å². The summed E-state index contributed by atoms with van der Waals surface area (Å²) in [7, 11) is -3.07. The van der Waals surface area contributed by atoms with E-state index >= 15 is 0 Å². The molecule has 5 heteroatoms. The molecule has 0 aromatic heterocycles. The summed E-state index contributed by atoms with van der Waals surface area (Å²) in [6, 6.07) is 5.02. The van der Waals surface area contributed by atoms with Gasteiger partial charge in [0.25, 0.3) is 0 Å². The standard InChI is InChI=1S/C10H15NO3S/c1-3-14-10-5-4-9(11)6-8(10)7-15(2,12)13/h4-6H,3,7,11H2,1-2H3. The number of rotatable bonds is 4. The molecule has 0 atom stereocenters. The molecule has 15 heavy (non-hydrogen) atoms. The maximum absolute atomic E-state index is 11.2. The molecule has 0 heterocycles. The quantitative estimate of drug-likeness (QED) is 0.788. The van der Waals surface area contributed by atoms with Crippen molar-refractivity contribution < 1.29 is 13.2 Å². The Morgan fingerprint density at radius 3 is 2.60 bits per heavy atom. The second kappa shape index (κ2) is 4.53. The molecule has 4 nitrogen and oxygen atoms in total. The van der Waals surface area contributed by atoms with Gasteiger partial charge in [-0.05, 0) is 25.1 Å². The summed E-state index contributed by atoms with van der Waals surface area (Å²) in [4.78, 5) is 0. The number of sulfone groups is 1. The van der Waals surface area contributed by atoms with E-state index in [2.05, 4.69) is 0 Å². The monoisotopic (exact) mass is 229 g/mol. The van der Waals surface area contributed by atoms with Gasteiger partial charge in [0.15, 0.2) is 9.84 Å². The molecule has 0 saturated carbocycles. The third-order valence-corrected chi connectivity index (χ3v) is 2.64. The molecule has 1 aromatic carbocycles.